The molecule has 0 aromatic heterocycles. The Morgan fingerprint density at radius 3 is 2.41 bits per heavy atom. The first-order chi connectivity index (χ1) is 13.1. The Labute approximate surface area is 159 Å². The van der Waals surface area contributed by atoms with Crippen molar-refractivity contribution in [2.75, 3.05) is 33.2 Å². The van der Waals surface area contributed by atoms with Gasteiger partial charge >= 0.3 is 0 Å². The van der Waals surface area contributed by atoms with Crippen molar-refractivity contribution in [3.63, 3.8) is 0 Å². The van der Waals surface area contributed by atoms with Gasteiger partial charge in [-0.15, -0.1) is 0 Å². The highest BCUT2D eigenvalue weighted by molar-refractivity contribution is 5.99. The van der Waals surface area contributed by atoms with Gasteiger partial charge in [0, 0.05) is 18.4 Å². The molecular weight excluding hydrogens is 346 g/mol. The molecule has 0 atom stereocenters. The molecule has 0 saturated heterocycles. The number of nitrogens with one attached hydrogen (secondary N) is 2. The summed E-state index contributed by atoms with van der Waals surface area (Å²) in [5.74, 6) is 1.27. The number of carbonyl (C=O) groups is 1. The summed E-state index contributed by atoms with van der Waals surface area (Å²) in [7, 11) is 4.85. The van der Waals surface area contributed by atoms with Gasteiger partial charge in [-0.3, -0.25) is 4.79 Å². The SMILES string of the molecule is COCc1cc(/C(C)=N\NC(=O)CNc2ccc(OC)cc2)ccc1OC. The van der Waals surface area contributed by atoms with Gasteiger partial charge in [0.15, 0.2) is 0 Å². The molecule has 7 heteroatoms. The summed E-state index contributed by atoms with van der Waals surface area (Å²) >= 11 is 0. The topological polar surface area (TPSA) is 81.2 Å². The molecule has 0 heterocycles. The molecular formula is C20H25N3O4. The van der Waals surface area contributed by atoms with E-state index in [1.54, 1.807) is 21.3 Å². The average Bonchev–Trinajstić information content (AvgIpc) is 2.71. The van der Waals surface area contributed by atoms with Gasteiger partial charge in [0.1, 0.15) is 11.5 Å². The van der Waals surface area contributed by atoms with Crippen molar-refractivity contribution < 1.29 is 19.0 Å². The monoisotopic (exact) mass is 371 g/mol. The predicted molar refractivity (Wildman–Crippen MR) is 106 cm³/mol. The van der Waals surface area contributed by atoms with Crippen LogP contribution in [0.5, 0.6) is 11.5 Å². The molecule has 144 valence electrons. The van der Waals surface area contributed by atoms with Crippen LogP contribution in [0.2, 0.25) is 0 Å². The van der Waals surface area contributed by atoms with Crippen LogP contribution in [0.15, 0.2) is 47.6 Å². The van der Waals surface area contributed by atoms with E-state index in [4.69, 9.17) is 14.2 Å². The lowest BCUT2D eigenvalue weighted by molar-refractivity contribution is -0.119. The van der Waals surface area contributed by atoms with Crippen LogP contribution in [-0.4, -0.2) is 39.5 Å². The zero-order chi connectivity index (χ0) is 19.6. The van der Waals surface area contributed by atoms with Gasteiger partial charge < -0.3 is 19.5 Å². The Bertz CT molecular complexity index is 788. The first-order valence-electron chi connectivity index (χ1n) is 8.44. The van der Waals surface area contributed by atoms with Gasteiger partial charge in [-0.25, -0.2) is 5.43 Å². The second kappa shape index (κ2) is 10.2. The second-order valence-corrected chi connectivity index (χ2v) is 5.77. The number of hydrazone groups is 1. The number of rotatable bonds is 9. The highest BCUT2D eigenvalue weighted by Crippen LogP contribution is 2.21. The number of hydrogen-bond donors (Lipinski definition) is 2. The molecule has 0 aliphatic heterocycles. The molecule has 2 aromatic carbocycles. The number of hydrogen-bond acceptors (Lipinski definition) is 6. The standard InChI is InChI=1S/C20H25N3O4/c1-14(15-5-10-19(27-4)16(11-15)13-25-2)22-23-20(24)12-21-17-6-8-18(26-3)9-7-17/h5-11,21H,12-13H2,1-4H3,(H,23,24)/b22-14-. The van der Waals surface area contributed by atoms with Crippen LogP contribution in [-0.2, 0) is 16.1 Å². The third kappa shape index (κ3) is 6.00. The van der Waals surface area contributed by atoms with Crippen LogP contribution < -0.4 is 20.2 Å². The Morgan fingerprint density at radius 1 is 1.04 bits per heavy atom. The largest absolute Gasteiger partial charge is 0.497 e. The van der Waals surface area contributed by atoms with Gasteiger partial charge in [-0.05, 0) is 55.0 Å². The van der Waals surface area contributed by atoms with Crippen molar-refractivity contribution >= 4 is 17.3 Å². The lowest BCUT2D eigenvalue weighted by atomic mass is 10.1. The molecule has 2 N–H and O–H groups in total. The summed E-state index contributed by atoms with van der Waals surface area (Å²) in [5, 5.41) is 7.20. The van der Waals surface area contributed by atoms with Crippen LogP contribution in [0, 0.1) is 0 Å². The second-order valence-electron chi connectivity index (χ2n) is 5.77. The van der Waals surface area contributed by atoms with Crippen LogP contribution >= 0.6 is 0 Å². The van der Waals surface area contributed by atoms with E-state index in [0.717, 1.165) is 28.3 Å². The molecule has 27 heavy (non-hydrogen) atoms. The third-order valence-corrected chi connectivity index (χ3v) is 3.89. The fourth-order valence-electron chi connectivity index (χ4n) is 2.41. The zero-order valence-corrected chi connectivity index (χ0v) is 16.0. The summed E-state index contributed by atoms with van der Waals surface area (Å²) in [6.45, 7) is 2.37. The molecule has 0 fully saturated rings. The molecule has 0 unspecified atom stereocenters. The summed E-state index contributed by atoms with van der Waals surface area (Å²) in [6, 6.07) is 13.0. The van der Waals surface area contributed by atoms with E-state index >= 15 is 0 Å². The Balaban J connectivity index is 1.93. The van der Waals surface area contributed by atoms with Gasteiger partial charge in [0.25, 0.3) is 5.91 Å². The van der Waals surface area contributed by atoms with Crippen molar-refractivity contribution in [2.45, 2.75) is 13.5 Å². The maximum absolute atomic E-state index is 12.0. The van der Waals surface area contributed by atoms with Crippen LogP contribution in [0.4, 0.5) is 5.69 Å². The summed E-state index contributed by atoms with van der Waals surface area (Å²) < 4.78 is 15.6. The van der Waals surface area contributed by atoms with E-state index in [0.29, 0.717) is 12.3 Å². The predicted octanol–water partition coefficient (Wildman–Crippen LogP) is 2.80. The van der Waals surface area contributed by atoms with Crippen LogP contribution in [0.3, 0.4) is 0 Å². The maximum atomic E-state index is 12.0. The number of methoxy groups -OCH3 is 3. The fraction of sp³-hybridized carbons (Fsp3) is 0.300. The fourth-order valence-corrected chi connectivity index (χ4v) is 2.41. The third-order valence-electron chi connectivity index (χ3n) is 3.89. The minimum absolute atomic E-state index is 0.112. The lowest BCUT2D eigenvalue weighted by Crippen LogP contribution is -2.26. The van der Waals surface area contributed by atoms with Gasteiger partial charge in [0.2, 0.25) is 0 Å². The Kier molecular flexibility index (Phi) is 7.63. The first kappa shape index (κ1) is 20.3. The van der Waals surface area contributed by atoms with E-state index in [2.05, 4.69) is 15.8 Å². The smallest absolute Gasteiger partial charge is 0.259 e. The van der Waals surface area contributed by atoms with E-state index in [9.17, 15) is 4.79 Å². The highest BCUT2D eigenvalue weighted by Gasteiger charge is 2.07. The van der Waals surface area contributed by atoms with Crippen molar-refractivity contribution in [3.8, 4) is 11.5 Å². The average molecular weight is 371 g/mol. The maximum Gasteiger partial charge on any atom is 0.259 e. The molecule has 0 radical (unpaired) electrons. The summed E-state index contributed by atoms with van der Waals surface area (Å²) in [5.41, 5.74) is 5.86. The molecule has 7 nitrogen and oxygen atoms in total. The molecule has 0 saturated carbocycles. The lowest BCUT2D eigenvalue weighted by Gasteiger charge is -2.10. The van der Waals surface area contributed by atoms with Crippen LogP contribution in [0.25, 0.3) is 0 Å². The number of benzene rings is 2. The first-order valence-corrected chi connectivity index (χ1v) is 8.44. The molecule has 2 rings (SSSR count). The number of carbonyl (C=O) groups excluding carboxylic acids is 1. The zero-order valence-electron chi connectivity index (χ0n) is 16.0. The minimum Gasteiger partial charge on any atom is -0.497 e. The van der Waals surface area contributed by atoms with Gasteiger partial charge in [-0.1, -0.05) is 0 Å². The van der Waals surface area contributed by atoms with Crippen molar-refractivity contribution in [3.05, 3.63) is 53.6 Å². The molecule has 0 aliphatic rings. The molecule has 0 spiro atoms. The number of amides is 1. The molecule has 1 amide bonds. The summed E-state index contributed by atoms with van der Waals surface area (Å²) in [6.07, 6.45) is 0. The number of nitrogens with zero attached hydrogens (tertiary/aromatic N) is 1. The minimum atomic E-state index is -0.240. The van der Waals surface area contributed by atoms with E-state index < -0.39 is 0 Å². The highest BCUT2D eigenvalue weighted by atomic mass is 16.5. The van der Waals surface area contributed by atoms with E-state index in [-0.39, 0.29) is 12.5 Å². The van der Waals surface area contributed by atoms with E-state index in [1.807, 2.05) is 49.4 Å². The molecule has 0 aliphatic carbocycles. The quantitative estimate of drug-likeness (QED) is 0.523. The van der Waals surface area contributed by atoms with Crippen LogP contribution in [0.1, 0.15) is 18.1 Å². The van der Waals surface area contributed by atoms with E-state index in [1.165, 1.54) is 0 Å². The van der Waals surface area contributed by atoms with Crippen molar-refractivity contribution in [2.24, 2.45) is 5.10 Å². The normalized spacial score (nSPS) is 11.0. The van der Waals surface area contributed by atoms with Crippen molar-refractivity contribution in [1.29, 1.82) is 0 Å². The Hall–Kier alpha value is -3.06. The molecule has 2 aromatic rings. The summed E-state index contributed by atoms with van der Waals surface area (Å²) in [4.78, 5) is 12.0. The number of ether oxygens (including phenoxy) is 3. The van der Waals surface area contributed by atoms with Crippen molar-refractivity contribution in [1.82, 2.24) is 5.43 Å². The molecule has 0 bridgehead atoms. The van der Waals surface area contributed by atoms with Gasteiger partial charge in [0.05, 0.1) is 33.1 Å². The van der Waals surface area contributed by atoms with Gasteiger partial charge in [-0.2, -0.15) is 5.10 Å². The Morgan fingerprint density at radius 2 is 1.78 bits per heavy atom. The number of anilines is 1.